The molecular weight excluding hydrogens is 294 g/mol. The van der Waals surface area contributed by atoms with Crippen molar-refractivity contribution >= 4 is 17.9 Å². The molecule has 0 saturated carbocycles. The number of H-pyrrole nitrogens is 1. The summed E-state index contributed by atoms with van der Waals surface area (Å²) < 4.78 is 5.86. The molecule has 22 heavy (non-hydrogen) atoms. The highest BCUT2D eigenvalue weighted by Gasteiger charge is 2.11. The summed E-state index contributed by atoms with van der Waals surface area (Å²) in [4.78, 5) is 35.5. The number of anilines is 1. The van der Waals surface area contributed by atoms with Gasteiger partial charge in [0.15, 0.2) is 5.76 Å². The maximum Gasteiger partial charge on any atom is 0.433 e. The quantitative estimate of drug-likeness (QED) is 0.485. The molecule has 2 aromatic rings. The largest absolute Gasteiger partial charge is 0.433 e. The highest BCUT2D eigenvalue weighted by Crippen LogP contribution is 2.14. The summed E-state index contributed by atoms with van der Waals surface area (Å²) in [6.07, 6.45) is 1.26. The Morgan fingerprint density at radius 1 is 1.50 bits per heavy atom. The van der Waals surface area contributed by atoms with Gasteiger partial charge in [-0.05, 0) is 13.0 Å². The van der Waals surface area contributed by atoms with Gasteiger partial charge in [0, 0.05) is 19.7 Å². The number of nitrogens with zero attached hydrogens (tertiary/aromatic N) is 4. The van der Waals surface area contributed by atoms with Crippen LogP contribution in [0.2, 0.25) is 0 Å². The van der Waals surface area contributed by atoms with Crippen molar-refractivity contribution in [2.24, 2.45) is 12.1 Å². The van der Waals surface area contributed by atoms with E-state index in [1.165, 1.54) is 36.5 Å². The second-order valence-electron chi connectivity index (χ2n) is 4.25. The molecule has 0 aliphatic rings. The van der Waals surface area contributed by atoms with Gasteiger partial charge in [-0.2, -0.15) is 5.10 Å². The van der Waals surface area contributed by atoms with Crippen molar-refractivity contribution < 1.29 is 9.34 Å². The number of nitro groups is 1. The third-order valence-electron chi connectivity index (χ3n) is 2.82. The first-order chi connectivity index (χ1) is 10.4. The van der Waals surface area contributed by atoms with Crippen LogP contribution in [-0.4, -0.2) is 27.2 Å². The summed E-state index contributed by atoms with van der Waals surface area (Å²) in [6, 6.07) is 3.83. The van der Waals surface area contributed by atoms with Crippen LogP contribution in [0.15, 0.2) is 37.3 Å². The standard InChI is InChI=1S/C12H13N5O5/c1-3-16(9-6-10(18)15(2)12(19)14-9)13-7-8-4-5-11(22-8)17(20)21/h4-7H,3H2,1-2H3,(H,14,19)/b13-7+. The van der Waals surface area contributed by atoms with Crippen LogP contribution in [0.5, 0.6) is 0 Å². The first-order valence-corrected chi connectivity index (χ1v) is 6.28. The van der Waals surface area contributed by atoms with E-state index in [2.05, 4.69) is 10.1 Å². The predicted molar refractivity (Wildman–Crippen MR) is 78.3 cm³/mol. The van der Waals surface area contributed by atoms with E-state index in [-0.39, 0.29) is 11.6 Å². The molecule has 0 fully saturated rings. The molecule has 2 heterocycles. The zero-order valence-electron chi connectivity index (χ0n) is 11.8. The molecule has 2 aromatic heterocycles. The lowest BCUT2D eigenvalue weighted by molar-refractivity contribution is -0.402. The van der Waals surface area contributed by atoms with Crippen molar-refractivity contribution in [3.63, 3.8) is 0 Å². The molecule has 0 aliphatic carbocycles. The second kappa shape index (κ2) is 6.08. The van der Waals surface area contributed by atoms with Crippen LogP contribution >= 0.6 is 0 Å². The van der Waals surface area contributed by atoms with Gasteiger partial charge in [-0.15, -0.1) is 0 Å². The molecule has 0 radical (unpaired) electrons. The Balaban J connectivity index is 2.28. The Morgan fingerprint density at radius 2 is 2.23 bits per heavy atom. The van der Waals surface area contributed by atoms with Crippen molar-refractivity contribution in [3.05, 3.63) is 54.9 Å². The molecule has 1 N–H and O–H groups in total. The Kier molecular flexibility index (Phi) is 4.20. The summed E-state index contributed by atoms with van der Waals surface area (Å²) in [5.74, 6) is -0.00396. The van der Waals surface area contributed by atoms with Crippen molar-refractivity contribution in [2.75, 3.05) is 11.6 Å². The average molecular weight is 307 g/mol. The van der Waals surface area contributed by atoms with Crippen molar-refractivity contribution in [2.45, 2.75) is 6.92 Å². The maximum atomic E-state index is 11.6. The minimum atomic E-state index is -0.659. The zero-order valence-corrected chi connectivity index (χ0v) is 11.8. The van der Waals surface area contributed by atoms with Crippen molar-refractivity contribution in [1.29, 1.82) is 0 Å². The van der Waals surface area contributed by atoms with Crippen LogP contribution in [0.3, 0.4) is 0 Å². The fraction of sp³-hybridized carbons (Fsp3) is 0.250. The van der Waals surface area contributed by atoms with Crippen LogP contribution in [0, 0.1) is 10.1 Å². The second-order valence-corrected chi connectivity index (χ2v) is 4.25. The van der Waals surface area contributed by atoms with Gasteiger partial charge < -0.3 is 4.42 Å². The Morgan fingerprint density at radius 3 is 2.77 bits per heavy atom. The molecule has 0 amide bonds. The highest BCUT2D eigenvalue weighted by atomic mass is 16.6. The first-order valence-electron chi connectivity index (χ1n) is 6.28. The molecule has 0 atom stereocenters. The molecule has 0 aliphatic heterocycles. The lowest BCUT2D eigenvalue weighted by Crippen LogP contribution is -2.34. The Bertz CT molecular complexity index is 800. The molecule has 2 rings (SSSR count). The average Bonchev–Trinajstić information content (AvgIpc) is 2.94. The minimum Gasteiger partial charge on any atom is -0.400 e. The normalized spacial score (nSPS) is 11.0. The summed E-state index contributed by atoms with van der Waals surface area (Å²) in [7, 11) is 1.35. The first kappa shape index (κ1) is 15.2. The van der Waals surface area contributed by atoms with E-state index in [0.717, 1.165) is 4.57 Å². The number of aromatic amines is 1. The third kappa shape index (κ3) is 3.11. The minimum absolute atomic E-state index is 0.177. The molecule has 0 bridgehead atoms. The van der Waals surface area contributed by atoms with Gasteiger partial charge in [0.25, 0.3) is 5.56 Å². The lowest BCUT2D eigenvalue weighted by Gasteiger charge is -2.15. The molecule has 116 valence electrons. The number of nitrogens with one attached hydrogen (secondary N) is 1. The Labute approximate surface area is 123 Å². The fourth-order valence-corrected chi connectivity index (χ4v) is 1.63. The molecule has 0 aromatic carbocycles. The summed E-state index contributed by atoms with van der Waals surface area (Å²) in [5.41, 5.74) is -1.04. The zero-order chi connectivity index (χ0) is 16.3. The van der Waals surface area contributed by atoms with E-state index < -0.39 is 22.1 Å². The summed E-state index contributed by atoms with van der Waals surface area (Å²) in [5, 5.41) is 15.9. The third-order valence-corrected chi connectivity index (χ3v) is 2.82. The van der Waals surface area contributed by atoms with E-state index in [1.807, 2.05) is 0 Å². The molecule has 0 unspecified atom stereocenters. The summed E-state index contributed by atoms with van der Waals surface area (Å²) in [6.45, 7) is 2.13. The number of hydrogen-bond donors (Lipinski definition) is 1. The van der Waals surface area contributed by atoms with Crippen LogP contribution in [0.4, 0.5) is 11.7 Å². The maximum absolute atomic E-state index is 11.6. The molecule has 10 nitrogen and oxygen atoms in total. The van der Waals surface area contributed by atoms with E-state index >= 15 is 0 Å². The van der Waals surface area contributed by atoms with Crippen LogP contribution in [-0.2, 0) is 7.05 Å². The number of furan rings is 1. The number of aromatic nitrogens is 2. The van der Waals surface area contributed by atoms with E-state index in [1.54, 1.807) is 6.92 Å². The fourth-order valence-electron chi connectivity index (χ4n) is 1.63. The predicted octanol–water partition coefficient (Wildman–Crippen LogP) is 0.435. The van der Waals surface area contributed by atoms with E-state index in [9.17, 15) is 19.7 Å². The van der Waals surface area contributed by atoms with Crippen LogP contribution in [0.25, 0.3) is 0 Å². The van der Waals surface area contributed by atoms with E-state index in [0.29, 0.717) is 6.54 Å². The SMILES string of the molecule is CCN(/N=C/c1ccc([N+](=O)[O-])o1)c1cc(=O)n(C)c(=O)[nH]1. The van der Waals surface area contributed by atoms with Gasteiger partial charge in [0.05, 0.1) is 12.3 Å². The van der Waals surface area contributed by atoms with Crippen molar-refractivity contribution in [1.82, 2.24) is 9.55 Å². The van der Waals surface area contributed by atoms with Gasteiger partial charge in [-0.25, -0.2) is 9.80 Å². The highest BCUT2D eigenvalue weighted by molar-refractivity contribution is 5.77. The lowest BCUT2D eigenvalue weighted by atomic mass is 10.5. The van der Waals surface area contributed by atoms with Crippen molar-refractivity contribution in [3.8, 4) is 0 Å². The Hall–Kier alpha value is -3.17. The topological polar surface area (TPSA) is 127 Å². The monoisotopic (exact) mass is 307 g/mol. The molecule has 10 heteroatoms. The van der Waals surface area contributed by atoms with Gasteiger partial charge >= 0.3 is 11.6 Å². The van der Waals surface area contributed by atoms with Gasteiger partial charge in [-0.1, -0.05) is 0 Å². The van der Waals surface area contributed by atoms with Gasteiger partial charge in [0.2, 0.25) is 0 Å². The molecule has 0 spiro atoms. The molecule has 0 saturated heterocycles. The molecular formula is C12H13N5O5. The number of rotatable bonds is 5. The summed E-state index contributed by atoms with van der Waals surface area (Å²) >= 11 is 0. The number of hydrogen-bond acceptors (Lipinski definition) is 7. The van der Waals surface area contributed by atoms with E-state index in [4.69, 9.17) is 4.42 Å². The number of hydrazone groups is 1. The van der Waals surface area contributed by atoms with Gasteiger partial charge in [0.1, 0.15) is 10.7 Å². The smallest absolute Gasteiger partial charge is 0.400 e. The van der Waals surface area contributed by atoms with Gasteiger partial charge in [-0.3, -0.25) is 24.5 Å². The van der Waals surface area contributed by atoms with Crippen LogP contribution in [0.1, 0.15) is 12.7 Å². The van der Waals surface area contributed by atoms with Crippen LogP contribution < -0.4 is 16.3 Å².